The summed E-state index contributed by atoms with van der Waals surface area (Å²) in [5.74, 6) is -0.00453. The smallest absolute Gasteiger partial charge is 0.399 e. The maximum absolute atomic E-state index is 12.7. The van der Waals surface area contributed by atoms with Crippen molar-refractivity contribution in [1.82, 2.24) is 14.9 Å². The van der Waals surface area contributed by atoms with Gasteiger partial charge in [0.1, 0.15) is 0 Å². The number of hydrogen-bond acceptors (Lipinski definition) is 8. The van der Waals surface area contributed by atoms with Crippen molar-refractivity contribution < 1.29 is 22.8 Å². The van der Waals surface area contributed by atoms with Crippen LogP contribution >= 0.6 is 0 Å². The molecule has 2 aliphatic heterocycles. The Morgan fingerprint density at radius 3 is 2.38 bits per heavy atom. The molecular weight excluding hydrogens is 393 g/mol. The molecule has 0 aliphatic carbocycles. The average molecular weight is 425 g/mol. The largest absolute Gasteiger partial charge is 0.498 e. The molecule has 3 heterocycles. The zero-order chi connectivity index (χ0) is 21.3. The molecular formula is C19H32BN3O5S. The van der Waals surface area contributed by atoms with Crippen molar-refractivity contribution in [2.24, 2.45) is 0 Å². The Morgan fingerprint density at radius 1 is 1.17 bits per heavy atom. The zero-order valence-corrected chi connectivity index (χ0v) is 18.6. The van der Waals surface area contributed by atoms with E-state index in [-0.39, 0.29) is 23.6 Å². The van der Waals surface area contributed by atoms with Gasteiger partial charge in [-0.3, -0.25) is 4.90 Å². The fourth-order valence-electron chi connectivity index (χ4n) is 3.78. The number of likely N-dealkylation sites (tertiary alicyclic amines) is 1. The predicted octanol–water partition coefficient (Wildman–Crippen LogP) is 0.786. The number of piperidine rings is 1. The molecule has 0 saturated carbocycles. The van der Waals surface area contributed by atoms with Crippen LogP contribution in [-0.4, -0.2) is 78.2 Å². The van der Waals surface area contributed by atoms with Crippen LogP contribution in [0.1, 0.15) is 53.4 Å². The average Bonchev–Trinajstić information content (AvgIpc) is 2.89. The minimum atomic E-state index is -3.58. The van der Waals surface area contributed by atoms with Gasteiger partial charge in [-0.2, -0.15) is 0 Å². The summed E-state index contributed by atoms with van der Waals surface area (Å²) in [6, 6.07) is 0.176. The second-order valence-electron chi connectivity index (χ2n) is 8.90. The van der Waals surface area contributed by atoms with Gasteiger partial charge in [0.15, 0.2) is 0 Å². The van der Waals surface area contributed by atoms with E-state index in [2.05, 4.69) is 14.9 Å². The Hall–Kier alpha value is -1.07. The summed E-state index contributed by atoms with van der Waals surface area (Å²) in [4.78, 5) is 10.4. The van der Waals surface area contributed by atoms with Gasteiger partial charge in [0.25, 0.3) is 0 Å². The normalized spacial score (nSPS) is 24.7. The molecule has 0 radical (unpaired) electrons. The van der Waals surface area contributed by atoms with E-state index in [1.807, 2.05) is 27.7 Å². The Kier molecular flexibility index (Phi) is 6.70. The molecule has 0 bridgehead atoms. The highest BCUT2D eigenvalue weighted by molar-refractivity contribution is 7.91. The van der Waals surface area contributed by atoms with Crippen LogP contribution in [0.5, 0.6) is 0 Å². The molecule has 1 unspecified atom stereocenters. The van der Waals surface area contributed by atoms with Crippen molar-refractivity contribution in [2.45, 2.75) is 75.8 Å². The summed E-state index contributed by atoms with van der Waals surface area (Å²) in [7, 11) is -4.20. The minimum Gasteiger partial charge on any atom is -0.399 e. The molecule has 3 rings (SSSR count). The van der Waals surface area contributed by atoms with Crippen LogP contribution in [0.4, 0.5) is 0 Å². The summed E-state index contributed by atoms with van der Waals surface area (Å²) in [6.07, 6.45) is 6.60. The first kappa shape index (κ1) is 22.6. The van der Waals surface area contributed by atoms with E-state index in [0.29, 0.717) is 18.4 Å². The SMILES string of the molecule is CC1(C)OB(c2cnc(S(=O)(=O)CCC3CCCCN3CCO)nc2)OC1(C)C. The van der Waals surface area contributed by atoms with Crippen LogP contribution in [0.25, 0.3) is 0 Å². The topological polar surface area (TPSA) is 102 Å². The van der Waals surface area contributed by atoms with Gasteiger partial charge < -0.3 is 14.4 Å². The molecule has 2 aliphatic rings. The van der Waals surface area contributed by atoms with E-state index < -0.39 is 28.2 Å². The third kappa shape index (κ3) is 4.99. The maximum atomic E-state index is 12.7. The molecule has 29 heavy (non-hydrogen) atoms. The number of nitrogens with zero attached hydrogens (tertiary/aromatic N) is 3. The number of aliphatic hydroxyl groups is 1. The fraction of sp³-hybridized carbons (Fsp3) is 0.789. The molecule has 2 fully saturated rings. The Bertz CT molecular complexity index is 783. The van der Waals surface area contributed by atoms with Crippen molar-refractivity contribution in [3.8, 4) is 0 Å². The first-order valence-corrected chi connectivity index (χ1v) is 12.0. The van der Waals surface area contributed by atoms with Gasteiger partial charge in [0.2, 0.25) is 15.0 Å². The van der Waals surface area contributed by atoms with Crippen molar-refractivity contribution in [2.75, 3.05) is 25.4 Å². The highest BCUT2D eigenvalue weighted by Gasteiger charge is 2.52. The fourth-order valence-corrected chi connectivity index (χ4v) is 4.97. The summed E-state index contributed by atoms with van der Waals surface area (Å²) in [5, 5.41) is 9.06. The molecule has 8 nitrogen and oxygen atoms in total. The van der Waals surface area contributed by atoms with E-state index >= 15 is 0 Å². The Morgan fingerprint density at radius 2 is 1.79 bits per heavy atom. The lowest BCUT2D eigenvalue weighted by atomic mass is 9.81. The first-order chi connectivity index (χ1) is 13.6. The van der Waals surface area contributed by atoms with Crippen molar-refractivity contribution in [1.29, 1.82) is 0 Å². The number of sulfone groups is 1. The van der Waals surface area contributed by atoms with Gasteiger partial charge >= 0.3 is 7.12 Å². The van der Waals surface area contributed by atoms with Crippen LogP contribution in [-0.2, 0) is 19.1 Å². The standard InChI is InChI=1S/C19H32BN3O5S/c1-18(2)19(3,4)28-20(27-18)15-13-21-17(22-14-15)29(25,26)12-8-16-7-5-6-9-23(16)10-11-24/h13-14,16,24H,5-12H2,1-4H3. The summed E-state index contributed by atoms with van der Waals surface area (Å²) >= 11 is 0. The molecule has 0 spiro atoms. The van der Waals surface area contributed by atoms with E-state index in [1.54, 1.807) is 0 Å². The summed E-state index contributed by atoms with van der Waals surface area (Å²) in [6.45, 7) is 9.41. The number of β-amino-alcohol motifs (C(OH)–C–C–N with tert-alkyl or cyclic N) is 1. The van der Waals surface area contributed by atoms with E-state index in [1.165, 1.54) is 12.4 Å². The Balaban J connectivity index is 1.64. The van der Waals surface area contributed by atoms with Gasteiger partial charge in [0.05, 0.1) is 23.6 Å². The quantitative estimate of drug-likeness (QED) is 0.505. The monoisotopic (exact) mass is 425 g/mol. The third-order valence-electron chi connectivity index (χ3n) is 6.31. The van der Waals surface area contributed by atoms with Gasteiger partial charge in [-0.25, -0.2) is 18.4 Å². The second-order valence-corrected chi connectivity index (χ2v) is 10.9. The molecule has 1 aromatic rings. The molecule has 2 saturated heterocycles. The molecule has 1 aromatic heterocycles. The molecule has 0 aromatic carbocycles. The molecule has 0 amide bonds. The van der Waals surface area contributed by atoms with Crippen molar-refractivity contribution >= 4 is 22.4 Å². The molecule has 162 valence electrons. The van der Waals surface area contributed by atoms with Crippen LogP contribution in [0, 0.1) is 0 Å². The zero-order valence-electron chi connectivity index (χ0n) is 17.8. The minimum absolute atomic E-state index is 0.00453. The molecule has 10 heteroatoms. The lowest BCUT2D eigenvalue weighted by molar-refractivity contribution is 0.00578. The van der Waals surface area contributed by atoms with E-state index in [4.69, 9.17) is 9.31 Å². The maximum Gasteiger partial charge on any atom is 0.498 e. The van der Waals surface area contributed by atoms with Gasteiger partial charge in [-0.1, -0.05) is 6.42 Å². The molecule has 1 atom stereocenters. The second kappa shape index (κ2) is 8.59. The van der Waals surface area contributed by atoms with Crippen molar-refractivity contribution in [3.63, 3.8) is 0 Å². The highest BCUT2D eigenvalue weighted by atomic mass is 32.2. The van der Waals surface area contributed by atoms with E-state index in [9.17, 15) is 13.5 Å². The first-order valence-electron chi connectivity index (χ1n) is 10.3. The predicted molar refractivity (Wildman–Crippen MR) is 111 cm³/mol. The van der Waals surface area contributed by atoms with Crippen LogP contribution in [0.15, 0.2) is 17.6 Å². The number of aromatic nitrogens is 2. The summed E-state index contributed by atoms with van der Waals surface area (Å²) < 4.78 is 37.4. The number of hydrogen-bond donors (Lipinski definition) is 1. The lowest BCUT2D eigenvalue weighted by Crippen LogP contribution is -2.42. The highest BCUT2D eigenvalue weighted by Crippen LogP contribution is 2.36. The van der Waals surface area contributed by atoms with Gasteiger partial charge in [-0.15, -0.1) is 0 Å². The van der Waals surface area contributed by atoms with Crippen LogP contribution in [0.2, 0.25) is 0 Å². The lowest BCUT2D eigenvalue weighted by Gasteiger charge is -2.35. The van der Waals surface area contributed by atoms with Gasteiger partial charge in [-0.05, 0) is 53.5 Å². The number of aliphatic hydroxyl groups excluding tert-OH is 1. The summed E-state index contributed by atoms with van der Waals surface area (Å²) in [5.41, 5.74) is -0.366. The van der Waals surface area contributed by atoms with Crippen molar-refractivity contribution in [3.05, 3.63) is 12.4 Å². The van der Waals surface area contributed by atoms with E-state index in [0.717, 1.165) is 25.8 Å². The Labute approximate surface area is 174 Å². The number of rotatable bonds is 7. The van der Waals surface area contributed by atoms with Crippen LogP contribution in [0.3, 0.4) is 0 Å². The van der Waals surface area contributed by atoms with Crippen LogP contribution < -0.4 is 5.46 Å². The third-order valence-corrected chi connectivity index (χ3v) is 7.85. The van der Waals surface area contributed by atoms with Gasteiger partial charge in [0, 0.05) is 30.4 Å². The molecule has 1 N–H and O–H groups in total.